The van der Waals surface area contributed by atoms with Crippen molar-refractivity contribution < 1.29 is 4.39 Å². The highest BCUT2D eigenvalue weighted by atomic mass is 19.1. The topological polar surface area (TPSA) is 17.3 Å². The highest BCUT2D eigenvalue weighted by Gasteiger charge is 2.09. The molecule has 0 atom stereocenters. The predicted molar refractivity (Wildman–Crippen MR) is 58.2 cm³/mol. The van der Waals surface area contributed by atoms with Gasteiger partial charge in [0.2, 0.25) is 0 Å². The van der Waals surface area contributed by atoms with Crippen LogP contribution in [0, 0.1) is 5.82 Å². The van der Waals surface area contributed by atoms with E-state index in [0.717, 1.165) is 39.1 Å². The highest BCUT2D eigenvalue weighted by molar-refractivity contribution is 5.15. The Kier molecular flexibility index (Phi) is 3.69. The zero-order valence-electron chi connectivity index (χ0n) is 8.82. The summed E-state index contributed by atoms with van der Waals surface area (Å²) in [7, 11) is 0. The van der Waals surface area contributed by atoms with Crippen molar-refractivity contribution in [1.29, 1.82) is 0 Å². The van der Waals surface area contributed by atoms with Crippen molar-refractivity contribution in [3.63, 3.8) is 0 Å². The van der Waals surface area contributed by atoms with Gasteiger partial charge >= 0.3 is 0 Å². The van der Waals surface area contributed by atoms with E-state index in [9.17, 15) is 4.39 Å². The van der Waals surface area contributed by atoms with E-state index >= 15 is 0 Å². The molecule has 1 fully saturated rings. The van der Waals surface area contributed by atoms with Crippen molar-refractivity contribution in [2.75, 3.05) is 26.2 Å². The Morgan fingerprint density at radius 2 is 1.93 bits per heavy atom. The van der Waals surface area contributed by atoms with Crippen LogP contribution in [-0.4, -0.2) is 31.1 Å². The van der Waals surface area contributed by atoms with Gasteiger partial charge in [0, 0.05) is 26.2 Å². The highest BCUT2D eigenvalue weighted by Crippen LogP contribution is 2.07. The zero-order chi connectivity index (χ0) is 10.5. The third-order valence-corrected chi connectivity index (χ3v) is 2.68. The molecule has 1 saturated heterocycles. The monoisotopic (exact) mass is 207 g/mol. The van der Waals surface area contributed by atoms with Gasteiger partial charge < -0.3 is 0 Å². The molecule has 0 spiro atoms. The van der Waals surface area contributed by atoms with Crippen LogP contribution in [-0.2, 0) is 6.54 Å². The molecule has 0 aromatic heterocycles. The maximum Gasteiger partial charge on any atom is 0.123 e. The van der Waals surface area contributed by atoms with E-state index in [2.05, 4.69) is 10.2 Å². The maximum absolute atomic E-state index is 12.7. The molecule has 0 unspecified atom stereocenters. The number of halogens is 1. The van der Waals surface area contributed by atoms with Crippen LogP contribution in [0.25, 0.3) is 0 Å². The van der Waals surface area contributed by atoms with Crippen molar-refractivity contribution >= 4 is 0 Å². The van der Waals surface area contributed by atoms with Gasteiger partial charge in [-0.05, 0) is 30.7 Å². The molecule has 3 heteroatoms. The van der Waals surface area contributed by atoms with Gasteiger partial charge in [0.05, 0.1) is 0 Å². The molecule has 1 aromatic carbocycles. The second kappa shape index (κ2) is 5.24. The summed E-state index contributed by atoms with van der Waals surface area (Å²) in [5.41, 5.74) is 1.18. The summed E-state index contributed by atoms with van der Waals surface area (Å²) < 4.78 is 12.7. The minimum absolute atomic E-state index is 0.162. The first-order valence-corrected chi connectivity index (χ1v) is 5.45. The standard InChI is InChI=1S/C12H16FN2/c13-12-4-2-11(3-5-12)10-15-8-1-6-14-7-9-15/h2-5H,1,6-10H2. The number of nitrogens with zero attached hydrogens (tertiary/aromatic N) is 2. The Morgan fingerprint density at radius 1 is 1.13 bits per heavy atom. The molecule has 81 valence electrons. The fourth-order valence-electron chi connectivity index (χ4n) is 1.85. The molecular formula is C12H16FN2. The van der Waals surface area contributed by atoms with E-state index < -0.39 is 0 Å². The summed E-state index contributed by atoms with van der Waals surface area (Å²) in [4.78, 5) is 2.38. The lowest BCUT2D eigenvalue weighted by Gasteiger charge is -2.19. The normalized spacial score (nSPS) is 18.7. The number of hydrogen-bond acceptors (Lipinski definition) is 1. The van der Waals surface area contributed by atoms with E-state index in [0.29, 0.717) is 0 Å². The van der Waals surface area contributed by atoms with Crippen molar-refractivity contribution in [1.82, 2.24) is 10.2 Å². The van der Waals surface area contributed by atoms with Crippen LogP contribution in [0.5, 0.6) is 0 Å². The van der Waals surface area contributed by atoms with Gasteiger partial charge in [-0.25, -0.2) is 9.71 Å². The lowest BCUT2D eigenvalue weighted by molar-refractivity contribution is 0.284. The predicted octanol–water partition coefficient (Wildman–Crippen LogP) is 1.64. The first-order valence-electron chi connectivity index (χ1n) is 5.45. The average molecular weight is 207 g/mol. The van der Waals surface area contributed by atoms with E-state index in [1.54, 1.807) is 0 Å². The summed E-state index contributed by atoms with van der Waals surface area (Å²) in [6.07, 6.45) is 1.14. The van der Waals surface area contributed by atoms with Crippen LogP contribution in [0.2, 0.25) is 0 Å². The lowest BCUT2D eigenvalue weighted by Crippen LogP contribution is -2.26. The molecule has 0 N–H and O–H groups in total. The SMILES string of the molecule is Fc1ccc(CN2CCC[N]CC2)cc1. The molecule has 2 rings (SSSR count). The molecular weight excluding hydrogens is 191 g/mol. The Labute approximate surface area is 90.1 Å². The van der Waals surface area contributed by atoms with Gasteiger partial charge in [-0.3, -0.25) is 4.90 Å². The summed E-state index contributed by atoms with van der Waals surface area (Å²) in [6.45, 7) is 4.95. The molecule has 0 aliphatic carbocycles. The summed E-state index contributed by atoms with van der Waals surface area (Å²) in [5, 5.41) is 4.38. The van der Waals surface area contributed by atoms with Gasteiger partial charge in [0.1, 0.15) is 5.82 Å². The Hall–Kier alpha value is -0.930. The molecule has 1 radical (unpaired) electrons. The average Bonchev–Trinajstić information content (AvgIpc) is 2.50. The molecule has 0 amide bonds. The van der Waals surface area contributed by atoms with Crippen molar-refractivity contribution in [3.05, 3.63) is 35.6 Å². The maximum atomic E-state index is 12.7. The van der Waals surface area contributed by atoms with E-state index in [1.165, 1.54) is 17.7 Å². The summed E-state index contributed by atoms with van der Waals surface area (Å²) >= 11 is 0. The first kappa shape index (κ1) is 10.6. The Bertz CT molecular complexity index is 289. The van der Waals surface area contributed by atoms with E-state index in [-0.39, 0.29) is 5.82 Å². The second-order valence-corrected chi connectivity index (χ2v) is 3.93. The van der Waals surface area contributed by atoms with Crippen LogP contribution in [0.15, 0.2) is 24.3 Å². The molecule has 1 aromatic rings. The summed E-state index contributed by atoms with van der Waals surface area (Å²) in [6, 6.07) is 6.77. The van der Waals surface area contributed by atoms with Crippen molar-refractivity contribution in [2.45, 2.75) is 13.0 Å². The number of rotatable bonds is 2. The molecule has 1 aliphatic rings. The molecule has 1 aliphatic heterocycles. The second-order valence-electron chi connectivity index (χ2n) is 3.93. The molecule has 2 nitrogen and oxygen atoms in total. The number of hydrogen-bond donors (Lipinski definition) is 0. The van der Waals surface area contributed by atoms with Gasteiger partial charge in [-0.2, -0.15) is 0 Å². The van der Waals surface area contributed by atoms with Crippen LogP contribution >= 0.6 is 0 Å². The fraction of sp³-hybridized carbons (Fsp3) is 0.500. The number of benzene rings is 1. The minimum Gasteiger partial charge on any atom is -0.298 e. The minimum atomic E-state index is -0.162. The Balaban J connectivity index is 1.92. The Morgan fingerprint density at radius 3 is 2.73 bits per heavy atom. The smallest absolute Gasteiger partial charge is 0.123 e. The van der Waals surface area contributed by atoms with Crippen LogP contribution in [0.1, 0.15) is 12.0 Å². The quantitative estimate of drug-likeness (QED) is 0.720. The van der Waals surface area contributed by atoms with Gasteiger partial charge in [0.25, 0.3) is 0 Å². The molecule has 15 heavy (non-hydrogen) atoms. The first-order chi connectivity index (χ1) is 7.34. The largest absolute Gasteiger partial charge is 0.298 e. The van der Waals surface area contributed by atoms with Gasteiger partial charge in [-0.15, -0.1) is 0 Å². The lowest BCUT2D eigenvalue weighted by atomic mass is 10.2. The van der Waals surface area contributed by atoms with Crippen molar-refractivity contribution in [3.8, 4) is 0 Å². The molecule has 0 bridgehead atoms. The molecule has 1 heterocycles. The summed E-state index contributed by atoms with van der Waals surface area (Å²) in [5.74, 6) is -0.162. The van der Waals surface area contributed by atoms with Crippen LogP contribution in [0.3, 0.4) is 0 Å². The van der Waals surface area contributed by atoms with Crippen LogP contribution < -0.4 is 5.32 Å². The molecule has 0 saturated carbocycles. The van der Waals surface area contributed by atoms with Crippen molar-refractivity contribution in [2.24, 2.45) is 0 Å². The van der Waals surface area contributed by atoms with E-state index in [4.69, 9.17) is 0 Å². The fourth-order valence-corrected chi connectivity index (χ4v) is 1.85. The van der Waals surface area contributed by atoms with E-state index in [1.807, 2.05) is 12.1 Å². The third kappa shape index (κ3) is 3.29. The zero-order valence-corrected chi connectivity index (χ0v) is 8.82. The van der Waals surface area contributed by atoms with Gasteiger partial charge in [0.15, 0.2) is 0 Å². The van der Waals surface area contributed by atoms with Crippen LogP contribution in [0.4, 0.5) is 4.39 Å². The van der Waals surface area contributed by atoms with Gasteiger partial charge in [-0.1, -0.05) is 12.1 Å². The third-order valence-electron chi connectivity index (χ3n) is 2.68.